The van der Waals surface area contributed by atoms with E-state index in [1.54, 1.807) is 13.3 Å². The van der Waals surface area contributed by atoms with E-state index in [-0.39, 0.29) is 12.0 Å². The van der Waals surface area contributed by atoms with Gasteiger partial charge in [0.1, 0.15) is 5.75 Å². The Balaban J connectivity index is 1.40. The summed E-state index contributed by atoms with van der Waals surface area (Å²) in [5, 5.41) is 22.4. The van der Waals surface area contributed by atoms with E-state index in [0.717, 1.165) is 70.7 Å². The molecule has 6 nitrogen and oxygen atoms in total. The van der Waals surface area contributed by atoms with E-state index in [9.17, 15) is 10.2 Å². The lowest BCUT2D eigenvalue weighted by Gasteiger charge is -2.41. The third-order valence-electron chi connectivity index (χ3n) is 7.17. The molecule has 1 saturated heterocycles. The Morgan fingerprint density at radius 1 is 1.21 bits per heavy atom. The highest BCUT2D eigenvalue weighted by Crippen LogP contribution is 2.39. The highest BCUT2D eigenvalue weighted by Gasteiger charge is 2.35. The predicted molar refractivity (Wildman–Crippen MR) is 138 cm³/mol. The van der Waals surface area contributed by atoms with Crippen molar-refractivity contribution >= 4 is 28.0 Å². The maximum atomic E-state index is 11.2. The maximum Gasteiger partial charge on any atom is 0.119 e. The van der Waals surface area contributed by atoms with E-state index in [1.165, 1.54) is 0 Å². The molecule has 3 heterocycles. The molecule has 1 aliphatic heterocycles. The van der Waals surface area contributed by atoms with Gasteiger partial charge in [-0.2, -0.15) is 0 Å². The van der Waals surface area contributed by atoms with Gasteiger partial charge in [0.2, 0.25) is 0 Å². The Kier molecular flexibility index (Phi) is 7.88. The van der Waals surface area contributed by atoms with Crippen molar-refractivity contribution in [2.24, 2.45) is 5.41 Å². The molecule has 0 amide bonds. The average Bonchev–Trinajstić information content (AvgIpc) is 2.88. The van der Waals surface area contributed by atoms with Gasteiger partial charge in [-0.25, -0.2) is 0 Å². The fraction of sp³-hybridized carbons (Fsp3) is 0.444. The molecular formula is C27H33N3O3S. The van der Waals surface area contributed by atoms with Crippen LogP contribution in [0.3, 0.4) is 0 Å². The first-order valence-electron chi connectivity index (χ1n) is 11.8. The number of fused-ring (bicyclic) bond motifs is 1. The van der Waals surface area contributed by atoms with Gasteiger partial charge in [-0.1, -0.05) is 18.3 Å². The van der Waals surface area contributed by atoms with Crippen LogP contribution in [0.1, 0.15) is 48.6 Å². The van der Waals surface area contributed by atoms with Crippen molar-refractivity contribution in [1.29, 1.82) is 0 Å². The van der Waals surface area contributed by atoms with Gasteiger partial charge < -0.3 is 14.9 Å². The van der Waals surface area contributed by atoms with Crippen LogP contribution < -0.4 is 4.74 Å². The summed E-state index contributed by atoms with van der Waals surface area (Å²) >= 11 is 5.59. The number of ether oxygens (including phenoxy) is 1. The number of likely N-dealkylation sites (tertiary alicyclic amines) is 1. The largest absolute Gasteiger partial charge is 0.497 e. The third kappa shape index (κ3) is 5.44. The minimum atomic E-state index is -0.629. The average molecular weight is 480 g/mol. The van der Waals surface area contributed by atoms with Crippen molar-refractivity contribution in [1.82, 2.24) is 14.9 Å². The van der Waals surface area contributed by atoms with E-state index >= 15 is 0 Å². The molecule has 2 aromatic heterocycles. The summed E-state index contributed by atoms with van der Waals surface area (Å²) in [4.78, 5) is 12.1. The minimum Gasteiger partial charge on any atom is -0.497 e. The summed E-state index contributed by atoms with van der Waals surface area (Å²) in [6.07, 6.45) is 6.06. The number of hydrogen-bond acceptors (Lipinski definition) is 7. The standard InChI is InChI=1S/C27H33N3O3S/c1-19-16-29-22-7-6-20(33-2)15-21(22)26(19)24(32)8-9-27(18-31)10-13-30(14-11-27)17-25(34)23-5-3-4-12-28-23/h3-7,12,15-16,24,31-32H,8-11,13-14,17-18H2,1-2H3/t24-/m1/s1. The van der Waals surface area contributed by atoms with Crippen LogP contribution in [0.4, 0.5) is 0 Å². The lowest BCUT2D eigenvalue weighted by Crippen LogP contribution is -2.44. The Bertz CT molecular complexity index is 1130. The number of pyridine rings is 2. The zero-order chi connectivity index (χ0) is 24.1. The van der Waals surface area contributed by atoms with Crippen molar-refractivity contribution < 1.29 is 14.9 Å². The zero-order valence-corrected chi connectivity index (χ0v) is 20.7. The monoisotopic (exact) mass is 479 g/mol. The third-order valence-corrected chi connectivity index (χ3v) is 7.51. The zero-order valence-electron chi connectivity index (χ0n) is 19.9. The second kappa shape index (κ2) is 10.9. The summed E-state index contributed by atoms with van der Waals surface area (Å²) < 4.78 is 5.39. The van der Waals surface area contributed by atoms with Crippen molar-refractivity contribution in [3.05, 3.63) is 65.6 Å². The van der Waals surface area contributed by atoms with Crippen LogP contribution in [0.2, 0.25) is 0 Å². The van der Waals surface area contributed by atoms with Gasteiger partial charge in [-0.05, 0) is 92.6 Å². The number of aryl methyl sites for hydroxylation is 1. The molecule has 34 heavy (non-hydrogen) atoms. The molecule has 1 atom stereocenters. The summed E-state index contributed by atoms with van der Waals surface area (Å²) in [5.74, 6) is 0.746. The fourth-order valence-electron chi connectivity index (χ4n) is 4.93. The molecule has 180 valence electrons. The Labute approximate surface area is 206 Å². The number of thiocarbonyl (C=S) groups is 1. The highest BCUT2D eigenvalue weighted by atomic mass is 32.1. The number of aliphatic hydroxyl groups is 2. The summed E-state index contributed by atoms with van der Waals surface area (Å²) in [5.41, 5.74) is 3.38. The Morgan fingerprint density at radius 2 is 2.00 bits per heavy atom. The van der Waals surface area contributed by atoms with Crippen molar-refractivity contribution in [2.45, 2.75) is 38.7 Å². The number of hydrogen-bond donors (Lipinski definition) is 2. The fourth-order valence-corrected chi connectivity index (χ4v) is 5.24. The molecule has 0 radical (unpaired) electrons. The number of methoxy groups -OCH3 is 1. The first-order chi connectivity index (χ1) is 16.4. The van der Waals surface area contributed by atoms with Crippen LogP contribution in [0.15, 0.2) is 48.8 Å². The number of nitrogens with zero attached hydrogens (tertiary/aromatic N) is 3. The van der Waals surface area contributed by atoms with Crippen LogP contribution in [0.25, 0.3) is 10.9 Å². The van der Waals surface area contributed by atoms with Gasteiger partial charge in [0.15, 0.2) is 0 Å². The molecule has 3 aromatic rings. The Hall–Kier alpha value is -2.45. The Morgan fingerprint density at radius 3 is 2.68 bits per heavy atom. The molecule has 4 rings (SSSR count). The molecule has 0 unspecified atom stereocenters. The molecule has 2 N–H and O–H groups in total. The molecule has 1 aliphatic rings. The number of benzene rings is 1. The van der Waals surface area contributed by atoms with E-state index in [4.69, 9.17) is 17.0 Å². The van der Waals surface area contributed by atoms with Crippen LogP contribution in [-0.4, -0.2) is 63.3 Å². The van der Waals surface area contributed by atoms with E-state index in [1.807, 2.05) is 49.5 Å². The number of rotatable bonds is 9. The highest BCUT2D eigenvalue weighted by molar-refractivity contribution is 7.80. The summed E-state index contributed by atoms with van der Waals surface area (Å²) in [6, 6.07) is 11.5. The van der Waals surface area contributed by atoms with E-state index < -0.39 is 6.10 Å². The van der Waals surface area contributed by atoms with Gasteiger partial charge >= 0.3 is 0 Å². The topological polar surface area (TPSA) is 78.7 Å². The first kappa shape index (κ1) is 24.7. The lowest BCUT2D eigenvalue weighted by molar-refractivity contribution is 0.0279. The van der Waals surface area contributed by atoms with Crippen molar-refractivity contribution in [2.75, 3.05) is 33.4 Å². The van der Waals surface area contributed by atoms with Gasteiger partial charge in [0.05, 0.1) is 29.3 Å². The van der Waals surface area contributed by atoms with Gasteiger partial charge in [-0.3, -0.25) is 14.9 Å². The van der Waals surface area contributed by atoms with Gasteiger partial charge in [0.25, 0.3) is 0 Å². The number of aliphatic hydroxyl groups excluding tert-OH is 2. The molecule has 7 heteroatoms. The van der Waals surface area contributed by atoms with Crippen molar-refractivity contribution in [3.8, 4) is 5.75 Å². The van der Waals surface area contributed by atoms with Crippen LogP contribution in [0.5, 0.6) is 5.75 Å². The molecular weight excluding hydrogens is 446 g/mol. The van der Waals surface area contributed by atoms with Gasteiger partial charge in [0, 0.05) is 30.9 Å². The summed E-state index contributed by atoms with van der Waals surface area (Å²) in [6.45, 7) is 4.56. The molecule has 1 fully saturated rings. The van der Waals surface area contributed by atoms with E-state index in [0.29, 0.717) is 13.0 Å². The second-order valence-corrected chi connectivity index (χ2v) is 9.86. The number of aromatic nitrogens is 2. The maximum absolute atomic E-state index is 11.2. The number of piperidine rings is 1. The predicted octanol–water partition coefficient (Wildman–Crippen LogP) is 4.25. The molecule has 0 saturated carbocycles. The second-order valence-electron chi connectivity index (χ2n) is 9.36. The quantitative estimate of drug-likeness (QED) is 0.351. The molecule has 0 bridgehead atoms. The molecule has 0 spiro atoms. The van der Waals surface area contributed by atoms with Gasteiger partial charge in [-0.15, -0.1) is 0 Å². The van der Waals surface area contributed by atoms with Crippen molar-refractivity contribution in [3.63, 3.8) is 0 Å². The first-order valence-corrected chi connectivity index (χ1v) is 12.2. The molecule has 0 aliphatic carbocycles. The normalized spacial score (nSPS) is 16.9. The summed E-state index contributed by atoms with van der Waals surface area (Å²) in [7, 11) is 1.64. The molecule has 1 aromatic carbocycles. The lowest BCUT2D eigenvalue weighted by atomic mass is 9.74. The van der Waals surface area contributed by atoms with Crippen LogP contribution in [0, 0.1) is 12.3 Å². The van der Waals surface area contributed by atoms with Crippen LogP contribution in [-0.2, 0) is 0 Å². The minimum absolute atomic E-state index is 0.127. The SMILES string of the molecule is COc1ccc2ncc(C)c([C@H](O)CCC3(CO)CCN(CC(=S)c4ccccn4)CC3)c2c1. The van der Waals surface area contributed by atoms with E-state index in [2.05, 4.69) is 14.9 Å². The van der Waals surface area contributed by atoms with Crippen LogP contribution >= 0.6 is 12.2 Å². The smallest absolute Gasteiger partial charge is 0.119 e.